The van der Waals surface area contributed by atoms with Crippen LogP contribution < -0.4 is 10.2 Å². The summed E-state index contributed by atoms with van der Waals surface area (Å²) < 4.78 is 0. The van der Waals surface area contributed by atoms with E-state index in [1.807, 2.05) is 6.07 Å². The summed E-state index contributed by atoms with van der Waals surface area (Å²) in [5.74, 6) is 0. The molecular weight excluding hydrogens is 186 g/mol. The third kappa shape index (κ3) is 2.48. The number of benzene rings is 1. The van der Waals surface area contributed by atoms with Crippen molar-refractivity contribution in [1.82, 2.24) is 5.32 Å². The monoisotopic (exact) mass is 201 g/mol. The lowest BCUT2D eigenvalue weighted by Crippen LogP contribution is -2.50. The van der Waals surface area contributed by atoms with Gasteiger partial charge in [0, 0.05) is 31.4 Å². The highest BCUT2D eigenvalue weighted by Gasteiger charge is 2.18. The van der Waals surface area contributed by atoms with Gasteiger partial charge in [-0.05, 0) is 12.1 Å². The highest BCUT2D eigenvalue weighted by molar-refractivity contribution is 5.46. The standard InChI is InChI=1S/C12H15N3/c13-7-6-11-10-15(9-8-14-11)12-4-2-1-3-5-12/h1-5,11,14H,6,8-10H2. The topological polar surface area (TPSA) is 39.1 Å². The first-order chi connectivity index (χ1) is 7.40. The number of nitrogens with one attached hydrogen (secondary N) is 1. The van der Waals surface area contributed by atoms with Crippen molar-refractivity contribution in [3.05, 3.63) is 30.3 Å². The number of rotatable bonds is 2. The third-order valence-electron chi connectivity index (χ3n) is 2.71. The van der Waals surface area contributed by atoms with Gasteiger partial charge in [-0.15, -0.1) is 0 Å². The van der Waals surface area contributed by atoms with E-state index in [2.05, 4.69) is 40.6 Å². The van der Waals surface area contributed by atoms with E-state index in [1.54, 1.807) is 0 Å². The van der Waals surface area contributed by atoms with Crippen molar-refractivity contribution in [2.24, 2.45) is 0 Å². The number of piperazine rings is 1. The SMILES string of the molecule is N#CCC1CN(c2ccccc2)CCN1. The van der Waals surface area contributed by atoms with Gasteiger partial charge in [-0.25, -0.2) is 0 Å². The number of hydrogen-bond donors (Lipinski definition) is 1. The number of para-hydroxylation sites is 1. The average Bonchev–Trinajstić information content (AvgIpc) is 2.31. The summed E-state index contributed by atoms with van der Waals surface area (Å²) in [4.78, 5) is 2.33. The molecule has 2 rings (SSSR count). The van der Waals surface area contributed by atoms with Crippen molar-refractivity contribution in [2.75, 3.05) is 24.5 Å². The van der Waals surface area contributed by atoms with Crippen molar-refractivity contribution in [3.8, 4) is 6.07 Å². The maximum absolute atomic E-state index is 8.67. The van der Waals surface area contributed by atoms with E-state index in [0.29, 0.717) is 12.5 Å². The van der Waals surface area contributed by atoms with Gasteiger partial charge in [0.2, 0.25) is 0 Å². The number of anilines is 1. The zero-order valence-corrected chi connectivity index (χ0v) is 8.69. The summed E-state index contributed by atoms with van der Waals surface area (Å²) >= 11 is 0. The Kier molecular flexibility index (Phi) is 3.21. The second-order valence-corrected chi connectivity index (χ2v) is 3.79. The van der Waals surface area contributed by atoms with Crippen LogP contribution in [-0.2, 0) is 0 Å². The molecule has 0 spiro atoms. The lowest BCUT2D eigenvalue weighted by molar-refractivity contribution is 0.463. The van der Waals surface area contributed by atoms with Gasteiger partial charge < -0.3 is 10.2 Å². The van der Waals surface area contributed by atoms with Gasteiger partial charge in [-0.3, -0.25) is 0 Å². The smallest absolute Gasteiger partial charge is 0.0638 e. The quantitative estimate of drug-likeness (QED) is 0.785. The van der Waals surface area contributed by atoms with Crippen LogP contribution in [0.25, 0.3) is 0 Å². The predicted octanol–water partition coefficient (Wildman–Crippen LogP) is 1.38. The molecule has 1 aromatic rings. The molecule has 3 heteroatoms. The van der Waals surface area contributed by atoms with Gasteiger partial charge in [-0.2, -0.15) is 5.26 Å². The molecule has 0 aliphatic carbocycles. The van der Waals surface area contributed by atoms with Crippen LogP contribution >= 0.6 is 0 Å². The van der Waals surface area contributed by atoms with Crippen LogP contribution in [0, 0.1) is 11.3 Å². The molecule has 1 aliphatic heterocycles. The minimum Gasteiger partial charge on any atom is -0.369 e. The first-order valence-electron chi connectivity index (χ1n) is 5.30. The summed E-state index contributed by atoms with van der Waals surface area (Å²) in [5.41, 5.74) is 1.25. The summed E-state index contributed by atoms with van der Waals surface area (Å²) in [5, 5.41) is 12.0. The molecule has 1 heterocycles. The van der Waals surface area contributed by atoms with E-state index >= 15 is 0 Å². The fourth-order valence-electron chi connectivity index (χ4n) is 1.95. The van der Waals surface area contributed by atoms with Crippen LogP contribution in [0.1, 0.15) is 6.42 Å². The zero-order chi connectivity index (χ0) is 10.5. The van der Waals surface area contributed by atoms with Gasteiger partial charge in [0.15, 0.2) is 0 Å². The Labute approximate surface area is 90.3 Å². The van der Waals surface area contributed by atoms with Gasteiger partial charge in [0.25, 0.3) is 0 Å². The van der Waals surface area contributed by atoms with Crippen LogP contribution in [0.4, 0.5) is 5.69 Å². The Morgan fingerprint density at radius 1 is 1.40 bits per heavy atom. The summed E-state index contributed by atoms with van der Waals surface area (Å²) in [6, 6.07) is 12.9. The highest BCUT2D eigenvalue weighted by atomic mass is 15.2. The molecule has 15 heavy (non-hydrogen) atoms. The van der Waals surface area contributed by atoms with Crippen LogP contribution in [0.5, 0.6) is 0 Å². The molecule has 1 aliphatic rings. The Balaban J connectivity index is 2.02. The van der Waals surface area contributed by atoms with E-state index < -0.39 is 0 Å². The number of hydrogen-bond acceptors (Lipinski definition) is 3. The zero-order valence-electron chi connectivity index (χ0n) is 8.69. The fraction of sp³-hybridized carbons (Fsp3) is 0.417. The van der Waals surface area contributed by atoms with E-state index in [4.69, 9.17) is 5.26 Å². The molecule has 1 aromatic carbocycles. The number of nitriles is 1. The lowest BCUT2D eigenvalue weighted by Gasteiger charge is -2.34. The van der Waals surface area contributed by atoms with Gasteiger partial charge in [0.1, 0.15) is 0 Å². The molecule has 0 radical (unpaired) electrons. The summed E-state index contributed by atoms with van der Waals surface area (Å²) in [7, 11) is 0. The van der Waals surface area contributed by atoms with Crippen molar-refractivity contribution in [3.63, 3.8) is 0 Å². The third-order valence-corrected chi connectivity index (χ3v) is 2.71. The molecule has 3 nitrogen and oxygen atoms in total. The van der Waals surface area contributed by atoms with Crippen molar-refractivity contribution in [1.29, 1.82) is 5.26 Å². The van der Waals surface area contributed by atoms with E-state index in [1.165, 1.54) is 5.69 Å². The Hall–Kier alpha value is -1.53. The molecule has 0 saturated carbocycles. The summed E-state index contributed by atoms with van der Waals surface area (Å²) in [6.45, 7) is 2.91. The Morgan fingerprint density at radius 3 is 2.93 bits per heavy atom. The van der Waals surface area contributed by atoms with Gasteiger partial charge in [0.05, 0.1) is 12.5 Å². The second kappa shape index (κ2) is 4.81. The largest absolute Gasteiger partial charge is 0.369 e. The average molecular weight is 201 g/mol. The summed E-state index contributed by atoms with van der Waals surface area (Å²) in [6.07, 6.45) is 0.587. The van der Waals surface area contributed by atoms with Crippen molar-refractivity contribution >= 4 is 5.69 Å². The molecule has 0 amide bonds. The normalized spacial score (nSPS) is 21.0. The Bertz CT molecular complexity index is 342. The molecule has 1 saturated heterocycles. The van der Waals surface area contributed by atoms with E-state index in [9.17, 15) is 0 Å². The van der Waals surface area contributed by atoms with Crippen molar-refractivity contribution in [2.45, 2.75) is 12.5 Å². The van der Waals surface area contributed by atoms with Gasteiger partial charge >= 0.3 is 0 Å². The van der Waals surface area contributed by atoms with E-state index in [-0.39, 0.29) is 0 Å². The lowest BCUT2D eigenvalue weighted by atomic mass is 10.1. The maximum Gasteiger partial charge on any atom is 0.0638 e. The first-order valence-corrected chi connectivity index (χ1v) is 5.30. The predicted molar refractivity (Wildman–Crippen MR) is 60.7 cm³/mol. The molecule has 1 atom stereocenters. The molecule has 0 bridgehead atoms. The number of nitrogens with zero attached hydrogens (tertiary/aromatic N) is 2. The van der Waals surface area contributed by atoms with Gasteiger partial charge in [-0.1, -0.05) is 18.2 Å². The maximum atomic E-state index is 8.67. The molecular formula is C12H15N3. The Morgan fingerprint density at radius 2 is 2.20 bits per heavy atom. The minimum atomic E-state index is 0.309. The second-order valence-electron chi connectivity index (χ2n) is 3.79. The first kappa shape index (κ1) is 10.0. The fourth-order valence-corrected chi connectivity index (χ4v) is 1.95. The highest BCUT2D eigenvalue weighted by Crippen LogP contribution is 2.15. The molecule has 1 N–H and O–H groups in total. The molecule has 0 aromatic heterocycles. The van der Waals surface area contributed by atoms with Crippen LogP contribution in [0.2, 0.25) is 0 Å². The van der Waals surface area contributed by atoms with E-state index in [0.717, 1.165) is 19.6 Å². The van der Waals surface area contributed by atoms with Crippen LogP contribution in [-0.4, -0.2) is 25.7 Å². The van der Waals surface area contributed by atoms with Crippen LogP contribution in [0.15, 0.2) is 30.3 Å². The minimum absolute atomic E-state index is 0.309. The molecule has 1 unspecified atom stereocenters. The van der Waals surface area contributed by atoms with Crippen LogP contribution in [0.3, 0.4) is 0 Å². The van der Waals surface area contributed by atoms with Crippen molar-refractivity contribution < 1.29 is 0 Å². The molecule has 1 fully saturated rings. The molecule has 78 valence electrons.